The Kier molecular flexibility index (Phi) is 7.61. The van der Waals surface area contributed by atoms with Crippen LogP contribution >= 0.6 is 0 Å². The number of ether oxygens (including phenoxy) is 3. The van der Waals surface area contributed by atoms with Gasteiger partial charge in [0.15, 0.2) is 11.5 Å². The van der Waals surface area contributed by atoms with Gasteiger partial charge in [0.2, 0.25) is 0 Å². The number of nitrogens with two attached hydrogens (primary N) is 1. The second-order valence-electron chi connectivity index (χ2n) is 6.19. The van der Waals surface area contributed by atoms with Crippen molar-refractivity contribution in [1.29, 1.82) is 0 Å². The van der Waals surface area contributed by atoms with Crippen LogP contribution in [0.2, 0.25) is 0 Å². The van der Waals surface area contributed by atoms with Gasteiger partial charge in [0, 0.05) is 6.04 Å². The minimum Gasteiger partial charge on any atom is -0.496 e. The molecule has 0 saturated heterocycles. The first-order chi connectivity index (χ1) is 12.2. The molecule has 0 aliphatic heterocycles. The molecule has 1 atom stereocenters. The smallest absolute Gasteiger partial charge is 0.160 e. The van der Waals surface area contributed by atoms with Gasteiger partial charge in [-0.25, -0.2) is 0 Å². The third kappa shape index (κ3) is 5.68. The van der Waals surface area contributed by atoms with Crippen LogP contribution in [-0.4, -0.2) is 27.4 Å². The summed E-state index contributed by atoms with van der Waals surface area (Å²) in [6, 6.07) is 14.4. The van der Waals surface area contributed by atoms with E-state index in [2.05, 4.69) is 12.1 Å². The van der Waals surface area contributed by atoms with Crippen LogP contribution in [0, 0.1) is 0 Å². The summed E-state index contributed by atoms with van der Waals surface area (Å²) in [6.45, 7) is 0. The molecule has 136 valence electrons. The summed E-state index contributed by atoms with van der Waals surface area (Å²) in [5.74, 6) is 2.49. The molecule has 2 rings (SSSR count). The van der Waals surface area contributed by atoms with Crippen LogP contribution in [0.5, 0.6) is 17.2 Å². The van der Waals surface area contributed by atoms with Gasteiger partial charge >= 0.3 is 0 Å². The molecule has 0 aliphatic rings. The maximum Gasteiger partial charge on any atom is 0.160 e. The Balaban J connectivity index is 1.77. The van der Waals surface area contributed by atoms with Crippen LogP contribution < -0.4 is 19.9 Å². The van der Waals surface area contributed by atoms with E-state index in [-0.39, 0.29) is 6.04 Å². The molecule has 2 aromatic carbocycles. The van der Waals surface area contributed by atoms with Crippen LogP contribution in [0.1, 0.15) is 30.4 Å². The molecule has 25 heavy (non-hydrogen) atoms. The first-order valence-corrected chi connectivity index (χ1v) is 8.76. The largest absolute Gasteiger partial charge is 0.496 e. The van der Waals surface area contributed by atoms with Crippen molar-refractivity contribution in [2.75, 3.05) is 21.3 Å². The van der Waals surface area contributed by atoms with Crippen molar-refractivity contribution in [3.05, 3.63) is 53.6 Å². The van der Waals surface area contributed by atoms with E-state index in [4.69, 9.17) is 19.9 Å². The minimum atomic E-state index is 0.199. The van der Waals surface area contributed by atoms with E-state index in [1.165, 1.54) is 11.1 Å². The predicted molar refractivity (Wildman–Crippen MR) is 102 cm³/mol. The maximum atomic E-state index is 6.29. The zero-order valence-corrected chi connectivity index (χ0v) is 15.5. The van der Waals surface area contributed by atoms with Crippen LogP contribution in [0.3, 0.4) is 0 Å². The first-order valence-electron chi connectivity index (χ1n) is 8.76. The van der Waals surface area contributed by atoms with Gasteiger partial charge in [-0.05, 0) is 61.4 Å². The van der Waals surface area contributed by atoms with Crippen molar-refractivity contribution >= 4 is 0 Å². The average Bonchev–Trinajstić information content (AvgIpc) is 2.66. The number of methoxy groups -OCH3 is 3. The fourth-order valence-electron chi connectivity index (χ4n) is 3.00. The molecule has 1 unspecified atom stereocenters. The molecular weight excluding hydrogens is 314 g/mol. The molecule has 0 aliphatic carbocycles. The highest BCUT2D eigenvalue weighted by atomic mass is 16.5. The fourth-order valence-corrected chi connectivity index (χ4v) is 3.00. The maximum absolute atomic E-state index is 6.29. The van der Waals surface area contributed by atoms with Crippen molar-refractivity contribution in [2.24, 2.45) is 5.73 Å². The highest BCUT2D eigenvalue weighted by Crippen LogP contribution is 2.28. The van der Waals surface area contributed by atoms with Gasteiger partial charge in [0.1, 0.15) is 5.75 Å². The summed E-state index contributed by atoms with van der Waals surface area (Å²) < 4.78 is 16.0. The van der Waals surface area contributed by atoms with Crippen LogP contribution in [0.15, 0.2) is 42.5 Å². The van der Waals surface area contributed by atoms with E-state index in [1.54, 1.807) is 21.3 Å². The fraction of sp³-hybridized carbons (Fsp3) is 0.429. The first kappa shape index (κ1) is 19.1. The van der Waals surface area contributed by atoms with Crippen molar-refractivity contribution in [1.82, 2.24) is 0 Å². The SMILES string of the molecule is COc1ccccc1CCC(N)CCCc1ccc(OC)c(OC)c1. The zero-order chi connectivity index (χ0) is 18.1. The van der Waals surface area contributed by atoms with E-state index in [9.17, 15) is 0 Å². The third-order valence-electron chi connectivity index (χ3n) is 4.47. The van der Waals surface area contributed by atoms with Crippen molar-refractivity contribution in [3.8, 4) is 17.2 Å². The third-order valence-corrected chi connectivity index (χ3v) is 4.47. The second kappa shape index (κ2) is 9.94. The lowest BCUT2D eigenvalue weighted by Crippen LogP contribution is -2.20. The van der Waals surface area contributed by atoms with Gasteiger partial charge in [-0.2, -0.15) is 0 Å². The summed E-state index contributed by atoms with van der Waals surface area (Å²) in [6.07, 6.45) is 4.96. The second-order valence-corrected chi connectivity index (χ2v) is 6.19. The van der Waals surface area contributed by atoms with Gasteiger partial charge in [-0.15, -0.1) is 0 Å². The molecule has 0 fully saturated rings. The predicted octanol–water partition coefficient (Wildman–Crippen LogP) is 4.00. The van der Waals surface area contributed by atoms with E-state index < -0.39 is 0 Å². The number of hydrogen-bond donors (Lipinski definition) is 1. The Morgan fingerprint density at radius 3 is 2.24 bits per heavy atom. The molecule has 2 aromatic rings. The summed E-state index contributed by atoms with van der Waals surface area (Å²) >= 11 is 0. The molecule has 2 N–H and O–H groups in total. The molecular formula is C21H29NO3. The van der Waals surface area contributed by atoms with Gasteiger partial charge < -0.3 is 19.9 Å². The molecule has 0 amide bonds. The van der Waals surface area contributed by atoms with Gasteiger partial charge in [0.25, 0.3) is 0 Å². The molecule has 0 radical (unpaired) electrons. The quantitative estimate of drug-likeness (QED) is 0.708. The average molecular weight is 343 g/mol. The van der Waals surface area contributed by atoms with E-state index in [1.807, 2.05) is 30.3 Å². The number of rotatable bonds is 10. The molecule has 0 aromatic heterocycles. The number of para-hydroxylation sites is 1. The summed E-state index contributed by atoms with van der Waals surface area (Å²) in [4.78, 5) is 0. The summed E-state index contributed by atoms with van der Waals surface area (Å²) in [5, 5.41) is 0. The monoisotopic (exact) mass is 343 g/mol. The summed E-state index contributed by atoms with van der Waals surface area (Å²) in [7, 11) is 5.02. The Morgan fingerprint density at radius 1 is 0.800 bits per heavy atom. The Bertz CT molecular complexity index is 657. The Labute approximate surface area is 150 Å². The van der Waals surface area contributed by atoms with E-state index in [0.29, 0.717) is 0 Å². The normalized spacial score (nSPS) is 11.8. The highest BCUT2D eigenvalue weighted by Gasteiger charge is 2.08. The lowest BCUT2D eigenvalue weighted by atomic mass is 9.99. The number of aryl methyl sites for hydroxylation is 2. The highest BCUT2D eigenvalue weighted by molar-refractivity contribution is 5.42. The summed E-state index contributed by atoms with van der Waals surface area (Å²) in [5.41, 5.74) is 8.76. The molecule has 0 saturated carbocycles. The standard InChI is InChI=1S/C21H29NO3/c1-23-19-10-5-4-8-17(19)12-13-18(22)9-6-7-16-11-14-20(24-2)21(15-16)25-3/h4-5,8,10-11,14-15,18H,6-7,9,12-13,22H2,1-3H3. The van der Waals surface area contributed by atoms with Crippen LogP contribution in [0.4, 0.5) is 0 Å². The van der Waals surface area contributed by atoms with Gasteiger partial charge in [-0.3, -0.25) is 0 Å². The Morgan fingerprint density at radius 2 is 1.52 bits per heavy atom. The zero-order valence-electron chi connectivity index (χ0n) is 15.5. The van der Waals surface area contributed by atoms with E-state index >= 15 is 0 Å². The van der Waals surface area contributed by atoms with E-state index in [0.717, 1.165) is 49.4 Å². The van der Waals surface area contributed by atoms with Crippen molar-refractivity contribution in [3.63, 3.8) is 0 Å². The van der Waals surface area contributed by atoms with Crippen molar-refractivity contribution in [2.45, 2.75) is 38.1 Å². The lowest BCUT2D eigenvalue weighted by molar-refractivity contribution is 0.354. The van der Waals surface area contributed by atoms with Crippen molar-refractivity contribution < 1.29 is 14.2 Å². The van der Waals surface area contributed by atoms with Crippen LogP contribution in [0.25, 0.3) is 0 Å². The topological polar surface area (TPSA) is 53.7 Å². The molecule has 4 heteroatoms. The number of hydrogen-bond acceptors (Lipinski definition) is 4. The minimum absolute atomic E-state index is 0.199. The molecule has 4 nitrogen and oxygen atoms in total. The van der Waals surface area contributed by atoms with Gasteiger partial charge in [0.05, 0.1) is 21.3 Å². The number of benzene rings is 2. The molecule has 0 heterocycles. The van der Waals surface area contributed by atoms with Gasteiger partial charge in [-0.1, -0.05) is 24.3 Å². The molecule has 0 bridgehead atoms. The Hall–Kier alpha value is -2.20. The molecule has 0 spiro atoms. The van der Waals surface area contributed by atoms with Crippen LogP contribution in [-0.2, 0) is 12.8 Å². The lowest BCUT2D eigenvalue weighted by Gasteiger charge is -2.14.